The maximum Gasteiger partial charge on any atom is 0.573 e. The molecule has 0 radical (unpaired) electrons. The number of esters is 1. The molecule has 2 atom stereocenters. The zero-order valence-electron chi connectivity index (χ0n) is 17.2. The summed E-state index contributed by atoms with van der Waals surface area (Å²) in [5.41, 5.74) is 0.540. The number of hydrogen-bond donors (Lipinski definition) is 2. The lowest BCUT2D eigenvalue weighted by atomic mass is 9.86. The van der Waals surface area contributed by atoms with Gasteiger partial charge in [-0.15, -0.1) is 13.2 Å². The lowest BCUT2D eigenvalue weighted by Crippen LogP contribution is -2.46. The van der Waals surface area contributed by atoms with Crippen LogP contribution in [0.1, 0.15) is 50.5 Å². The Morgan fingerprint density at radius 1 is 1.17 bits per heavy atom. The van der Waals surface area contributed by atoms with Crippen LogP contribution in [-0.4, -0.2) is 44.0 Å². The molecule has 2 N–H and O–H groups in total. The van der Waals surface area contributed by atoms with Crippen molar-refractivity contribution in [3.8, 4) is 5.75 Å². The monoisotopic (exact) mass is 427 g/mol. The van der Waals surface area contributed by atoms with E-state index in [4.69, 9.17) is 4.74 Å². The molecule has 2 aliphatic rings. The van der Waals surface area contributed by atoms with Crippen LogP contribution in [0.25, 0.3) is 0 Å². The van der Waals surface area contributed by atoms with Gasteiger partial charge in [0.1, 0.15) is 5.75 Å². The van der Waals surface area contributed by atoms with E-state index in [1.54, 1.807) is 26.1 Å². The van der Waals surface area contributed by atoms with E-state index in [1.165, 1.54) is 12.1 Å². The Bertz CT molecular complexity index is 761. The number of rotatable bonds is 6. The first-order valence-corrected chi connectivity index (χ1v) is 10.3. The van der Waals surface area contributed by atoms with E-state index >= 15 is 0 Å². The molecule has 2 saturated carbocycles. The fourth-order valence-corrected chi connectivity index (χ4v) is 3.98. The van der Waals surface area contributed by atoms with Crippen LogP contribution in [0, 0.1) is 5.92 Å². The van der Waals surface area contributed by atoms with Gasteiger partial charge >= 0.3 is 12.3 Å². The minimum atomic E-state index is -4.71. The zero-order chi connectivity index (χ0) is 21.7. The summed E-state index contributed by atoms with van der Waals surface area (Å²) >= 11 is 0. The third-order valence-electron chi connectivity index (χ3n) is 5.57. The second kappa shape index (κ2) is 9.57. The predicted molar refractivity (Wildman–Crippen MR) is 106 cm³/mol. The molecule has 0 aromatic heterocycles. The fourth-order valence-electron chi connectivity index (χ4n) is 3.98. The van der Waals surface area contributed by atoms with E-state index in [-0.39, 0.29) is 35.6 Å². The number of nitrogens with one attached hydrogen (secondary N) is 2. The molecule has 30 heavy (non-hydrogen) atoms. The van der Waals surface area contributed by atoms with E-state index < -0.39 is 6.36 Å². The quantitative estimate of drug-likeness (QED) is 0.411. The Labute approximate surface area is 174 Å². The molecule has 6 nitrogen and oxygen atoms in total. The Morgan fingerprint density at radius 3 is 2.50 bits per heavy atom. The van der Waals surface area contributed by atoms with Crippen molar-refractivity contribution in [2.75, 3.05) is 13.7 Å². The van der Waals surface area contributed by atoms with Crippen molar-refractivity contribution in [3.63, 3.8) is 0 Å². The summed E-state index contributed by atoms with van der Waals surface area (Å²) in [6.07, 6.45) is -0.813. The van der Waals surface area contributed by atoms with Gasteiger partial charge in [0.25, 0.3) is 0 Å². The molecule has 9 heteroatoms. The summed E-state index contributed by atoms with van der Waals surface area (Å²) in [5, 5.41) is 6.66. The van der Waals surface area contributed by atoms with Crippen molar-refractivity contribution in [3.05, 3.63) is 29.8 Å². The van der Waals surface area contributed by atoms with Crippen LogP contribution in [-0.2, 0) is 9.53 Å². The number of guanidine groups is 1. The first-order valence-electron chi connectivity index (χ1n) is 10.3. The third-order valence-corrected chi connectivity index (χ3v) is 5.57. The number of nitrogens with zero attached hydrogens (tertiary/aromatic N) is 1. The first kappa shape index (κ1) is 22.2. The van der Waals surface area contributed by atoms with Crippen molar-refractivity contribution in [2.24, 2.45) is 10.9 Å². The van der Waals surface area contributed by atoms with E-state index in [2.05, 4.69) is 20.4 Å². The average molecular weight is 427 g/mol. The number of aliphatic imine (C=N–C) groups is 1. The molecule has 0 aliphatic heterocycles. The molecule has 0 spiro atoms. The Morgan fingerprint density at radius 2 is 1.87 bits per heavy atom. The highest BCUT2D eigenvalue weighted by Crippen LogP contribution is 2.45. The zero-order valence-corrected chi connectivity index (χ0v) is 17.2. The van der Waals surface area contributed by atoms with Crippen molar-refractivity contribution >= 4 is 11.9 Å². The Hall–Kier alpha value is -2.45. The smallest absolute Gasteiger partial charge is 0.466 e. The number of benzene rings is 1. The van der Waals surface area contributed by atoms with Crippen LogP contribution in [0.15, 0.2) is 29.3 Å². The van der Waals surface area contributed by atoms with Gasteiger partial charge in [-0.1, -0.05) is 18.2 Å². The van der Waals surface area contributed by atoms with Crippen LogP contribution in [0.3, 0.4) is 0 Å². The molecule has 0 heterocycles. The van der Waals surface area contributed by atoms with Crippen LogP contribution in [0.2, 0.25) is 0 Å². The highest BCUT2D eigenvalue weighted by atomic mass is 19.4. The topological polar surface area (TPSA) is 72.0 Å². The Balaban J connectivity index is 1.50. The second-order valence-electron chi connectivity index (χ2n) is 7.70. The van der Waals surface area contributed by atoms with Crippen LogP contribution in [0.5, 0.6) is 5.75 Å². The summed E-state index contributed by atoms with van der Waals surface area (Å²) in [7, 11) is 1.66. The van der Waals surface area contributed by atoms with Crippen molar-refractivity contribution < 1.29 is 27.4 Å². The molecule has 1 aromatic rings. The average Bonchev–Trinajstić information content (AvgIpc) is 3.46. The van der Waals surface area contributed by atoms with E-state index in [0.29, 0.717) is 24.6 Å². The van der Waals surface area contributed by atoms with Gasteiger partial charge in [0.15, 0.2) is 5.96 Å². The van der Waals surface area contributed by atoms with Crippen LogP contribution >= 0.6 is 0 Å². The molecular formula is C21H28F3N3O3. The number of alkyl halides is 3. The van der Waals surface area contributed by atoms with Crippen LogP contribution in [0.4, 0.5) is 13.2 Å². The minimum absolute atomic E-state index is 0.00921. The maximum absolute atomic E-state index is 12.7. The first-order chi connectivity index (χ1) is 14.3. The summed E-state index contributed by atoms with van der Waals surface area (Å²) in [6.45, 7) is 2.20. The van der Waals surface area contributed by atoms with Gasteiger partial charge in [0.2, 0.25) is 0 Å². The third kappa shape index (κ3) is 6.03. The second-order valence-corrected chi connectivity index (χ2v) is 7.70. The van der Waals surface area contributed by atoms with E-state index in [0.717, 1.165) is 25.7 Å². The van der Waals surface area contributed by atoms with Crippen molar-refractivity contribution in [1.29, 1.82) is 0 Å². The molecule has 0 bridgehead atoms. The maximum atomic E-state index is 12.7. The van der Waals surface area contributed by atoms with Crippen LogP contribution < -0.4 is 15.4 Å². The largest absolute Gasteiger partial charge is 0.573 e. The van der Waals surface area contributed by atoms with Gasteiger partial charge in [-0.25, -0.2) is 0 Å². The number of para-hydroxylation sites is 1. The van der Waals surface area contributed by atoms with Gasteiger partial charge in [0, 0.05) is 25.0 Å². The summed E-state index contributed by atoms with van der Waals surface area (Å²) in [4.78, 5) is 16.1. The number of halogens is 3. The lowest BCUT2D eigenvalue weighted by Gasteiger charge is -2.29. The highest BCUT2D eigenvalue weighted by Gasteiger charge is 2.42. The lowest BCUT2D eigenvalue weighted by molar-refractivity contribution is -0.274. The number of carbonyl (C=O) groups is 1. The molecule has 0 saturated heterocycles. The van der Waals surface area contributed by atoms with Gasteiger partial charge in [0.05, 0.1) is 12.5 Å². The minimum Gasteiger partial charge on any atom is -0.466 e. The van der Waals surface area contributed by atoms with Gasteiger partial charge in [-0.2, -0.15) is 0 Å². The van der Waals surface area contributed by atoms with Gasteiger partial charge < -0.3 is 20.1 Å². The summed E-state index contributed by atoms with van der Waals surface area (Å²) in [6, 6.07) is 6.43. The Kier molecular flexibility index (Phi) is 7.10. The number of ether oxygens (including phenoxy) is 2. The normalized spacial score (nSPS) is 26.6. The summed E-state index contributed by atoms with van der Waals surface area (Å²) < 4.78 is 47.2. The standard InChI is InChI=1S/C21H28F3N3O3/c1-3-29-19(28)13-8-10-14(11-9-13)26-20(25-2)27-17-12-16(17)15-6-4-5-7-18(15)30-21(22,23)24/h4-7,13-14,16-17H,3,8-12H2,1-2H3,(H2,25,26,27). The van der Waals surface area contributed by atoms with E-state index in [1.807, 2.05) is 0 Å². The van der Waals surface area contributed by atoms with Gasteiger partial charge in [-0.05, 0) is 50.7 Å². The van der Waals surface area contributed by atoms with Gasteiger partial charge in [-0.3, -0.25) is 9.79 Å². The fraction of sp³-hybridized carbons (Fsp3) is 0.619. The summed E-state index contributed by atoms with van der Waals surface area (Å²) in [5.74, 6) is 0.229. The molecule has 3 rings (SSSR count). The molecule has 1 aromatic carbocycles. The molecule has 0 amide bonds. The number of hydrogen-bond acceptors (Lipinski definition) is 4. The molecule has 166 valence electrons. The highest BCUT2D eigenvalue weighted by molar-refractivity contribution is 5.81. The SMILES string of the molecule is CCOC(=O)C1CCC(NC(=NC)NC2CC2c2ccccc2OC(F)(F)F)CC1. The van der Waals surface area contributed by atoms with Crippen molar-refractivity contribution in [2.45, 2.75) is 63.4 Å². The predicted octanol–water partition coefficient (Wildman–Crippen LogP) is 3.73. The molecule has 2 unspecified atom stereocenters. The molecular weight excluding hydrogens is 399 g/mol. The van der Waals surface area contributed by atoms with Crippen molar-refractivity contribution in [1.82, 2.24) is 10.6 Å². The number of carbonyl (C=O) groups excluding carboxylic acids is 1. The molecule has 2 fully saturated rings. The molecule has 2 aliphatic carbocycles. The van der Waals surface area contributed by atoms with E-state index in [9.17, 15) is 18.0 Å².